The molecular weight excluding hydrogens is 459 g/mol. The van der Waals surface area contributed by atoms with Crippen LogP contribution in [0.1, 0.15) is 142 Å². The number of unbranched alkanes of at least 4 members (excludes halogenated alkanes) is 18. The summed E-state index contributed by atoms with van der Waals surface area (Å²) in [5, 5.41) is 16.9. The van der Waals surface area contributed by atoms with Crippen LogP contribution in [0.2, 0.25) is 0 Å². The molecule has 194 valence electrons. The molecule has 4 nitrogen and oxygen atoms in total. The molecule has 0 spiro atoms. The predicted molar refractivity (Wildman–Crippen MR) is 157 cm³/mol. The zero-order valence-corrected chi connectivity index (χ0v) is 22.9. The van der Waals surface area contributed by atoms with Crippen LogP contribution in [-0.2, 0) is 0 Å². The Kier molecular flexibility index (Phi) is 37.2. The fourth-order valence-electron chi connectivity index (χ4n) is 3.88. The van der Waals surface area contributed by atoms with E-state index in [1.165, 1.54) is 116 Å². The van der Waals surface area contributed by atoms with E-state index in [0.717, 1.165) is 25.9 Å². The molecule has 7 heteroatoms. The first-order valence-electron chi connectivity index (χ1n) is 13.4. The van der Waals surface area contributed by atoms with Gasteiger partial charge < -0.3 is 20.8 Å². The summed E-state index contributed by atoms with van der Waals surface area (Å²) >= 11 is 8.91. The third-order valence-corrected chi connectivity index (χ3v) is 6.09. The number of aliphatic hydroxyl groups excluding tert-OH is 2. The number of thiocarbonyl (C=S) groups is 2. The van der Waals surface area contributed by atoms with Crippen molar-refractivity contribution in [3.8, 4) is 0 Å². The molecule has 0 aromatic rings. The van der Waals surface area contributed by atoms with Gasteiger partial charge in [-0.05, 0) is 37.3 Å². The summed E-state index contributed by atoms with van der Waals surface area (Å²) in [5.41, 5.74) is 4.40. The monoisotopic (exact) mass is 514 g/mol. The Morgan fingerprint density at radius 2 is 0.758 bits per heavy atom. The minimum atomic E-state index is -0.500. The first kappa shape index (κ1) is 37.9. The van der Waals surface area contributed by atoms with Crippen molar-refractivity contribution in [2.45, 2.75) is 142 Å². The Hall–Kier alpha value is 0.380. The van der Waals surface area contributed by atoms with Crippen LogP contribution >= 0.6 is 24.4 Å². The second-order valence-electron chi connectivity index (χ2n) is 8.97. The molecule has 0 aromatic carbocycles. The van der Waals surface area contributed by atoms with Crippen LogP contribution in [0.3, 0.4) is 0 Å². The van der Waals surface area contributed by atoms with Gasteiger partial charge in [0, 0.05) is 13.1 Å². The molecule has 0 unspecified atom stereocenters. The number of nitrogens with two attached hydrogens (primary N) is 1. The van der Waals surface area contributed by atoms with E-state index in [2.05, 4.69) is 31.8 Å². The van der Waals surface area contributed by atoms with Gasteiger partial charge in [0.05, 0.1) is 0 Å². The average molecular weight is 515 g/mol. The van der Waals surface area contributed by atoms with E-state index in [0.29, 0.717) is 0 Å². The molecule has 0 rings (SSSR count). The van der Waals surface area contributed by atoms with E-state index in [4.69, 9.17) is 17.3 Å². The van der Waals surface area contributed by atoms with Crippen molar-refractivity contribution in [3.05, 3.63) is 0 Å². The van der Waals surface area contributed by atoms with Crippen molar-refractivity contribution in [3.63, 3.8) is 0 Å². The van der Waals surface area contributed by atoms with Crippen molar-refractivity contribution in [1.82, 2.24) is 4.90 Å². The minimum absolute atomic E-state index is 0. The normalized spacial score (nSPS) is 10.1. The first-order chi connectivity index (χ1) is 15.5. The summed E-state index contributed by atoms with van der Waals surface area (Å²) in [7, 11) is 0. The molecule has 0 aliphatic heterocycles. The van der Waals surface area contributed by atoms with Gasteiger partial charge in [-0.1, -0.05) is 129 Å². The quantitative estimate of drug-likeness (QED) is 0.0770. The molecule has 0 radical (unpaired) electrons. The van der Waals surface area contributed by atoms with Gasteiger partial charge in [-0.25, -0.2) is 0 Å². The summed E-state index contributed by atoms with van der Waals surface area (Å²) in [5.74, 6) is 0. The standard InChI is InChI=1S/C25H51NOS.CH3NOS.Na.H/c1-3-5-7-9-11-13-15-17-19-21-23-26(25(27)28)24-22-20-18-16-14-12-10-8-6-4-2;2-1(3)4;;/h3-24H2,1-2H3,(H,27,28);(H3,2,3,4);;. The van der Waals surface area contributed by atoms with E-state index < -0.39 is 5.17 Å². The third kappa shape index (κ3) is 37.1. The summed E-state index contributed by atoms with van der Waals surface area (Å²) < 4.78 is 0. The van der Waals surface area contributed by atoms with Gasteiger partial charge in [-0.2, -0.15) is 0 Å². The average Bonchev–Trinajstić information content (AvgIpc) is 2.74. The molecule has 0 aliphatic rings. The van der Waals surface area contributed by atoms with Crippen molar-refractivity contribution in [1.29, 1.82) is 0 Å². The molecule has 0 atom stereocenters. The van der Waals surface area contributed by atoms with Crippen molar-refractivity contribution >= 4 is 64.3 Å². The van der Waals surface area contributed by atoms with Crippen molar-refractivity contribution in [2.24, 2.45) is 5.73 Å². The Labute approximate surface area is 239 Å². The van der Waals surface area contributed by atoms with E-state index >= 15 is 0 Å². The van der Waals surface area contributed by atoms with Gasteiger partial charge in [0.1, 0.15) is 0 Å². The second-order valence-corrected chi connectivity index (χ2v) is 9.76. The fraction of sp³-hybridized carbons (Fsp3) is 0.923. The predicted octanol–water partition coefficient (Wildman–Crippen LogP) is 8.11. The molecule has 0 aliphatic carbocycles. The molecule has 0 saturated heterocycles. The topological polar surface area (TPSA) is 69.7 Å². The zero-order chi connectivity index (χ0) is 24.3. The maximum absolute atomic E-state index is 9.76. The molecule has 0 bridgehead atoms. The Balaban J connectivity index is -0.00000165. The van der Waals surface area contributed by atoms with Crippen molar-refractivity contribution in [2.75, 3.05) is 13.1 Å². The number of aliphatic hydroxyl groups is 2. The van der Waals surface area contributed by atoms with Crippen LogP contribution in [0, 0.1) is 0 Å². The molecular formula is C26H55N2NaO2S2. The van der Waals surface area contributed by atoms with Gasteiger partial charge in [0.2, 0.25) is 0 Å². The number of hydrogen-bond donors (Lipinski definition) is 3. The fourth-order valence-corrected chi connectivity index (χ4v) is 4.07. The molecule has 0 saturated carbocycles. The van der Waals surface area contributed by atoms with Crippen molar-refractivity contribution < 1.29 is 10.2 Å². The van der Waals surface area contributed by atoms with Gasteiger partial charge in [0.15, 0.2) is 0 Å². The summed E-state index contributed by atoms with van der Waals surface area (Å²) in [6, 6.07) is 0. The molecule has 0 heterocycles. The van der Waals surface area contributed by atoms with E-state index in [9.17, 15) is 5.11 Å². The van der Waals surface area contributed by atoms with Gasteiger partial charge >= 0.3 is 29.6 Å². The third-order valence-electron chi connectivity index (χ3n) is 5.83. The van der Waals surface area contributed by atoms with Crippen LogP contribution in [0.25, 0.3) is 0 Å². The Morgan fingerprint density at radius 1 is 0.545 bits per heavy atom. The number of hydrogen-bond acceptors (Lipinski definition) is 2. The maximum atomic E-state index is 9.76. The van der Waals surface area contributed by atoms with E-state index in [1.54, 1.807) is 0 Å². The first-order valence-corrected chi connectivity index (χ1v) is 14.2. The Morgan fingerprint density at radius 3 is 0.970 bits per heavy atom. The van der Waals surface area contributed by atoms with Crippen LogP contribution in [0.15, 0.2) is 0 Å². The number of nitrogens with zero attached hydrogens (tertiary/aromatic N) is 1. The summed E-state index contributed by atoms with van der Waals surface area (Å²) in [6.07, 6.45) is 27.0. The van der Waals surface area contributed by atoms with Gasteiger partial charge in [-0.15, -0.1) is 0 Å². The molecule has 0 aromatic heterocycles. The zero-order valence-electron chi connectivity index (χ0n) is 21.3. The summed E-state index contributed by atoms with van der Waals surface area (Å²) in [4.78, 5) is 2.02. The number of rotatable bonds is 22. The van der Waals surface area contributed by atoms with Crippen LogP contribution in [0.5, 0.6) is 0 Å². The van der Waals surface area contributed by atoms with E-state index in [-0.39, 0.29) is 34.7 Å². The molecule has 0 fully saturated rings. The van der Waals surface area contributed by atoms with Crippen LogP contribution in [-0.4, -0.2) is 68.1 Å². The SMILES string of the molecule is CCCCCCCCCCCCN(CCCCCCCCCCCC)C(O)=S.NC(O)=S.[NaH]. The van der Waals surface area contributed by atoms with Crippen LogP contribution in [0.4, 0.5) is 0 Å². The van der Waals surface area contributed by atoms with Crippen LogP contribution < -0.4 is 5.73 Å². The molecule has 33 heavy (non-hydrogen) atoms. The molecule has 0 amide bonds. The summed E-state index contributed by atoms with van der Waals surface area (Å²) in [6.45, 7) is 6.42. The second kappa shape index (κ2) is 32.4. The van der Waals surface area contributed by atoms with E-state index in [1.807, 2.05) is 4.90 Å². The van der Waals surface area contributed by atoms with Gasteiger partial charge in [0.25, 0.3) is 10.3 Å². The Bertz CT molecular complexity index is 388. The van der Waals surface area contributed by atoms with Gasteiger partial charge in [-0.3, -0.25) is 0 Å². The molecule has 4 N–H and O–H groups in total.